The highest BCUT2D eigenvalue weighted by molar-refractivity contribution is 5.73. The Kier molecular flexibility index (Phi) is 6.21. The molecule has 0 saturated heterocycles. The number of hydrogen-bond acceptors (Lipinski definition) is 4. The van der Waals surface area contributed by atoms with E-state index in [1.165, 1.54) is 0 Å². The first-order chi connectivity index (χ1) is 11.1. The van der Waals surface area contributed by atoms with E-state index < -0.39 is 0 Å². The molecular weight excluding hydrogens is 290 g/mol. The van der Waals surface area contributed by atoms with E-state index in [2.05, 4.69) is 21.7 Å². The standard InChI is InChI=1S/C17H25N5O/c1-22(2)16-9-15(7-8-19-16)12-21-17(23)20-11-14-5-3-13(10-18)4-6-14/h7-9,13-14H,3-6,11-12H2,1-2H3,(H2,20,21,23). The van der Waals surface area contributed by atoms with Gasteiger partial charge in [-0.25, -0.2) is 9.78 Å². The van der Waals surface area contributed by atoms with Crippen LogP contribution in [0.25, 0.3) is 0 Å². The molecule has 2 N–H and O–H groups in total. The number of urea groups is 1. The first kappa shape index (κ1) is 17.1. The number of anilines is 1. The maximum absolute atomic E-state index is 11.9. The lowest BCUT2D eigenvalue weighted by Gasteiger charge is -2.24. The molecule has 6 heteroatoms. The summed E-state index contributed by atoms with van der Waals surface area (Å²) < 4.78 is 0. The molecule has 1 aliphatic carbocycles. The third-order valence-corrected chi connectivity index (χ3v) is 4.30. The molecule has 0 unspecified atom stereocenters. The van der Waals surface area contributed by atoms with Gasteiger partial charge in [-0.3, -0.25) is 0 Å². The molecular formula is C17H25N5O. The van der Waals surface area contributed by atoms with Crippen LogP contribution < -0.4 is 15.5 Å². The zero-order chi connectivity index (χ0) is 16.7. The van der Waals surface area contributed by atoms with Gasteiger partial charge in [0.2, 0.25) is 0 Å². The van der Waals surface area contributed by atoms with Crippen molar-refractivity contribution in [2.75, 3.05) is 25.5 Å². The quantitative estimate of drug-likeness (QED) is 0.873. The van der Waals surface area contributed by atoms with Crippen LogP contribution in [0.4, 0.5) is 10.6 Å². The van der Waals surface area contributed by atoms with Crippen molar-refractivity contribution in [1.82, 2.24) is 15.6 Å². The molecule has 2 amide bonds. The largest absolute Gasteiger partial charge is 0.363 e. The number of rotatable bonds is 5. The van der Waals surface area contributed by atoms with E-state index in [4.69, 9.17) is 5.26 Å². The Balaban J connectivity index is 1.69. The van der Waals surface area contributed by atoms with Gasteiger partial charge in [-0.15, -0.1) is 0 Å². The second-order valence-electron chi connectivity index (χ2n) is 6.33. The van der Waals surface area contributed by atoms with Gasteiger partial charge in [0, 0.05) is 39.3 Å². The summed E-state index contributed by atoms with van der Waals surface area (Å²) in [6.45, 7) is 1.17. The molecule has 2 rings (SSSR count). The molecule has 6 nitrogen and oxygen atoms in total. The summed E-state index contributed by atoms with van der Waals surface area (Å²) in [5, 5.41) is 14.7. The molecule has 1 saturated carbocycles. The lowest BCUT2D eigenvalue weighted by molar-refractivity contribution is 0.234. The Morgan fingerprint density at radius 1 is 1.35 bits per heavy atom. The fraction of sp³-hybridized carbons (Fsp3) is 0.588. The first-order valence-corrected chi connectivity index (χ1v) is 8.12. The summed E-state index contributed by atoms with van der Waals surface area (Å²) in [5.74, 6) is 1.57. The topological polar surface area (TPSA) is 81.0 Å². The number of nitrogens with one attached hydrogen (secondary N) is 2. The maximum Gasteiger partial charge on any atom is 0.315 e. The van der Waals surface area contributed by atoms with Gasteiger partial charge in [0.05, 0.1) is 6.07 Å². The molecule has 1 aromatic rings. The van der Waals surface area contributed by atoms with Crippen LogP contribution in [-0.4, -0.2) is 31.7 Å². The van der Waals surface area contributed by atoms with Gasteiger partial charge in [-0.2, -0.15) is 5.26 Å². The van der Waals surface area contributed by atoms with Crippen LogP contribution >= 0.6 is 0 Å². The minimum absolute atomic E-state index is 0.143. The molecule has 1 aromatic heterocycles. The van der Waals surface area contributed by atoms with Crippen LogP contribution in [0.5, 0.6) is 0 Å². The predicted octanol–water partition coefficient (Wildman–Crippen LogP) is 2.28. The zero-order valence-electron chi connectivity index (χ0n) is 13.9. The highest BCUT2D eigenvalue weighted by Crippen LogP contribution is 2.27. The summed E-state index contributed by atoms with van der Waals surface area (Å²) in [5.41, 5.74) is 1.02. The minimum atomic E-state index is -0.143. The van der Waals surface area contributed by atoms with Crippen molar-refractivity contribution in [1.29, 1.82) is 5.26 Å². The number of pyridine rings is 1. The minimum Gasteiger partial charge on any atom is -0.363 e. The number of carbonyl (C=O) groups excluding carboxylic acids is 1. The Hall–Kier alpha value is -2.29. The molecule has 23 heavy (non-hydrogen) atoms. The van der Waals surface area contributed by atoms with Crippen molar-refractivity contribution in [3.63, 3.8) is 0 Å². The Morgan fingerprint density at radius 2 is 2.09 bits per heavy atom. The molecule has 0 atom stereocenters. The normalized spacial score (nSPS) is 20.4. The predicted molar refractivity (Wildman–Crippen MR) is 89.9 cm³/mol. The SMILES string of the molecule is CN(C)c1cc(CNC(=O)NCC2CCC(C#N)CC2)ccn1. The van der Waals surface area contributed by atoms with Gasteiger partial charge in [-0.1, -0.05) is 0 Å². The van der Waals surface area contributed by atoms with E-state index >= 15 is 0 Å². The van der Waals surface area contributed by atoms with E-state index in [1.807, 2.05) is 31.1 Å². The van der Waals surface area contributed by atoms with Gasteiger partial charge in [-0.05, 0) is 49.3 Å². The molecule has 0 aliphatic heterocycles. The summed E-state index contributed by atoms with van der Waals surface area (Å²) in [4.78, 5) is 18.1. The highest BCUT2D eigenvalue weighted by atomic mass is 16.2. The zero-order valence-corrected chi connectivity index (χ0v) is 13.9. The molecule has 1 aliphatic rings. The monoisotopic (exact) mass is 315 g/mol. The van der Waals surface area contributed by atoms with Crippen LogP contribution in [0.2, 0.25) is 0 Å². The Morgan fingerprint density at radius 3 is 2.74 bits per heavy atom. The highest BCUT2D eigenvalue weighted by Gasteiger charge is 2.20. The first-order valence-electron chi connectivity index (χ1n) is 8.12. The summed E-state index contributed by atoms with van der Waals surface area (Å²) in [6, 6.07) is 6.05. The number of nitriles is 1. The molecule has 0 aromatic carbocycles. The van der Waals surface area contributed by atoms with Gasteiger partial charge in [0.25, 0.3) is 0 Å². The fourth-order valence-corrected chi connectivity index (χ4v) is 2.79. The van der Waals surface area contributed by atoms with E-state index in [0.717, 1.165) is 37.1 Å². The van der Waals surface area contributed by atoms with Crippen LogP contribution in [0.15, 0.2) is 18.3 Å². The van der Waals surface area contributed by atoms with Crippen molar-refractivity contribution >= 4 is 11.8 Å². The van der Waals surface area contributed by atoms with Gasteiger partial charge < -0.3 is 15.5 Å². The molecule has 1 fully saturated rings. The molecule has 0 radical (unpaired) electrons. The Labute approximate surface area is 137 Å². The van der Waals surface area contributed by atoms with Crippen molar-refractivity contribution in [3.8, 4) is 6.07 Å². The van der Waals surface area contributed by atoms with Crippen LogP contribution in [0.1, 0.15) is 31.2 Å². The third kappa shape index (κ3) is 5.44. The van der Waals surface area contributed by atoms with Crippen molar-refractivity contribution in [2.45, 2.75) is 32.2 Å². The number of carbonyl (C=O) groups is 1. The maximum atomic E-state index is 11.9. The number of aromatic nitrogens is 1. The number of amides is 2. The van der Waals surface area contributed by atoms with Crippen molar-refractivity contribution in [2.24, 2.45) is 11.8 Å². The lowest BCUT2D eigenvalue weighted by Crippen LogP contribution is -2.38. The van der Waals surface area contributed by atoms with Crippen LogP contribution in [0.3, 0.4) is 0 Å². The Bertz CT molecular complexity index is 558. The number of nitrogens with zero attached hydrogens (tertiary/aromatic N) is 3. The molecule has 1 heterocycles. The van der Waals surface area contributed by atoms with Gasteiger partial charge >= 0.3 is 6.03 Å². The summed E-state index contributed by atoms with van der Waals surface area (Å²) >= 11 is 0. The fourth-order valence-electron chi connectivity index (χ4n) is 2.79. The molecule has 0 bridgehead atoms. The van der Waals surface area contributed by atoms with Gasteiger partial charge in [0.15, 0.2) is 0 Å². The van der Waals surface area contributed by atoms with E-state index in [0.29, 0.717) is 19.0 Å². The average Bonchev–Trinajstić information content (AvgIpc) is 2.58. The molecule has 0 spiro atoms. The number of hydrogen-bond donors (Lipinski definition) is 2. The van der Waals surface area contributed by atoms with Crippen molar-refractivity contribution < 1.29 is 4.79 Å². The van der Waals surface area contributed by atoms with E-state index in [1.54, 1.807) is 6.20 Å². The smallest absolute Gasteiger partial charge is 0.315 e. The van der Waals surface area contributed by atoms with Crippen LogP contribution in [0, 0.1) is 23.2 Å². The van der Waals surface area contributed by atoms with Crippen molar-refractivity contribution in [3.05, 3.63) is 23.9 Å². The average molecular weight is 315 g/mol. The third-order valence-electron chi connectivity index (χ3n) is 4.30. The van der Waals surface area contributed by atoms with Crippen LogP contribution in [-0.2, 0) is 6.54 Å². The second kappa shape index (κ2) is 8.37. The lowest BCUT2D eigenvalue weighted by atomic mass is 9.83. The summed E-state index contributed by atoms with van der Waals surface area (Å²) in [7, 11) is 3.88. The molecule has 124 valence electrons. The van der Waals surface area contributed by atoms with E-state index in [9.17, 15) is 4.79 Å². The second-order valence-corrected chi connectivity index (χ2v) is 6.33. The summed E-state index contributed by atoms with van der Waals surface area (Å²) in [6.07, 6.45) is 5.70. The van der Waals surface area contributed by atoms with Gasteiger partial charge in [0.1, 0.15) is 5.82 Å². The van der Waals surface area contributed by atoms with E-state index in [-0.39, 0.29) is 11.9 Å².